The standard InChI is InChI=1S/C19H19BrN4O3/c1-24-5-4-22-18(24)17(12-7-15(26-2)9-16(8-12)27-3)23-19(25)13-6-14(20)11-21-10-13/h4-11,17H,1-3H3,(H,23,25)/t17-/m1/s1. The second kappa shape index (κ2) is 8.22. The number of benzene rings is 1. The SMILES string of the molecule is COc1cc(OC)cc([C@@H](NC(=O)c2cncc(Br)c2)c2nccn2C)c1. The minimum Gasteiger partial charge on any atom is -0.497 e. The molecule has 0 unspecified atom stereocenters. The van der Waals surface area contributed by atoms with Crippen LogP contribution in [0, 0.1) is 0 Å². The van der Waals surface area contributed by atoms with Crippen molar-refractivity contribution in [1.29, 1.82) is 0 Å². The quantitative estimate of drug-likeness (QED) is 0.649. The first-order valence-corrected chi connectivity index (χ1v) is 8.92. The van der Waals surface area contributed by atoms with Gasteiger partial charge >= 0.3 is 0 Å². The second-order valence-corrected chi connectivity index (χ2v) is 6.76. The first-order valence-electron chi connectivity index (χ1n) is 8.13. The zero-order valence-electron chi connectivity index (χ0n) is 15.1. The van der Waals surface area contributed by atoms with Crippen molar-refractivity contribution in [2.75, 3.05) is 14.2 Å². The summed E-state index contributed by atoms with van der Waals surface area (Å²) in [6.07, 6.45) is 6.65. The van der Waals surface area contributed by atoms with Crippen LogP contribution in [0.5, 0.6) is 11.5 Å². The van der Waals surface area contributed by atoms with Gasteiger partial charge in [0.15, 0.2) is 0 Å². The number of pyridine rings is 1. The minimum atomic E-state index is -0.500. The lowest BCUT2D eigenvalue weighted by molar-refractivity contribution is 0.0940. The van der Waals surface area contributed by atoms with Crippen LogP contribution in [-0.2, 0) is 7.05 Å². The van der Waals surface area contributed by atoms with Crippen LogP contribution in [0.1, 0.15) is 27.8 Å². The molecule has 1 amide bonds. The number of hydrogen-bond acceptors (Lipinski definition) is 5. The largest absolute Gasteiger partial charge is 0.497 e. The number of nitrogens with zero attached hydrogens (tertiary/aromatic N) is 3. The molecule has 0 fully saturated rings. The molecule has 0 aliphatic rings. The number of carbonyl (C=O) groups is 1. The van der Waals surface area contributed by atoms with Crippen LogP contribution in [0.4, 0.5) is 0 Å². The normalized spacial score (nSPS) is 11.7. The highest BCUT2D eigenvalue weighted by molar-refractivity contribution is 9.10. The van der Waals surface area contributed by atoms with Gasteiger partial charge in [-0.1, -0.05) is 0 Å². The van der Waals surface area contributed by atoms with Gasteiger partial charge in [0.2, 0.25) is 0 Å². The average molecular weight is 431 g/mol. The number of ether oxygens (including phenoxy) is 2. The third kappa shape index (κ3) is 4.28. The lowest BCUT2D eigenvalue weighted by atomic mass is 10.0. The van der Waals surface area contributed by atoms with Crippen molar-refractivity contribution in [3.63, 3.8) is 0 Å². The molecule has 0 saturated carbocycles. The smallest absolute Gasteiger partial charge is 0.253 e. The summed E-state index contributed by atoms with van der Waals surface area (Å²) >= 11 is 3.34. The molecule has 2 heterocycles. The van der Waals surface area contributed by atoms with Gasteiger partial charge in [0.25, 0.3) is 5.91 Å². The summed E-state index contributed by atoms with van der Waals surface area (Å²) in [6, 6.07) is 6.69. The Hall–Kier alpha value is -2.87. The average Bonchev–Trinajstić information content (AvgIpc) is 3.11. The van der Waals surface area contributed by atoms with Crippen molar-refractivity contribution < 1.29 is 14.3 Å². The van der Waals surface area contributed by atoms with Crippen LogP contribution in [-0.4, -0.2) is 34.7 Å². The van der Waals surface area contributed by atoms with Crippen molar-refractivity contribution in [3.8, 4) is 11.5 Å². The Labute approximate surface area is 165 Å². The molecular weight excluding hydrogens is 412 g/mol. The maximum Gasteiger partial charge on any atom is 0.253 e. The van der Waals surface area contributed by atoms with E-state index in [4.69, 9.17) is 9.47 Å². The first-order chi connectivity index (χ1) is 13.0. The van der Waals surface area contributed by atoms with Crippen molar-refractivity contribution in [2.45, 2.75) is 6.04 Å². The number of nitrogens with one attached hydrogen (secondary N) is 1. The number of carbonyl (C=O) groups excluding carboxylic acids is 1. The van der Waals surface area contributed by atoms with Gasteiger partial charge in [-0.15, -0.1) is 0 Å². The molecule has 0 aliphatic heterocycles. The molecule has 140 valence electrons. The lowest BCUT2D eigenvalue weighted by Gasteiger charge is -2.20. The van der Waals surface area contributed by atoms with Crippen LogP contribution in [0.15, 0.2) is 53.5 Å². The Morgan fingerprint density at radius 3 is 2.41 bits per heavy atom. The number of rotatable bonds is 6. The predicted octanol–water partition coefficient (Wildman–Crippen LogP) is 3.11. The number of methoxy groups -OCH3 is 2. The molecule has 0 bridgehead atoms. The summed E-state index contributed by atoms with van der Waals surface area (Å²) in [5.74, 6) is 1.67. The fraction of sp³-hybridized carbons (Fsp3) is 0.211. The highest BCUT2D eigenvalue weighted by Crippen LogP contribution is 2.29. The predicted molar refractivity (Wildman–Crippen MR) is 104 cm³/mol. The summed E-state index contributed by atoms with van der Waals surface area (Å²) < 4.78 is 13.3. The summed E-state index contributed by atoms with van der Waals surface area (Å²) in [5, 5.41) is 3.03. The Morgan fingerprint density at radius 2 is 1.85 bits per heavy atom. The van der Waals surface area contributed by atoms with E-state index >= 15 is 0 Å². The van der Waals surface area contributed by atoms with Gasteiger partial charge in [0.05, 0.1) is 19.8 Å². The maximum absolute atomic E-state index is 12.8. The lowest BCUT2D eigenvalue weighted by Crippen LogP contribution is -2.31. The number of amides is 1. The van der Waals surface area contributed by atoms with Crippen LogP contribution in [0.3, 0.4) is 0 Å². The van der Waals surface area contributed by atoms with E-state index in [1.165, 1.54) is 6.20 Å². The number of imidazole rings is 1. The van der Waals surface area contributed by atoms with Gasteiger partial charge in [0, 0.05) is 42.4 Å². The van der Waals surface area contributed by atoms with E-state index in [9.17, 15) is 4.79 Å². The first kappa shape index (κ1) is 18.9. The molecule has 1 atom stereocenters. The Morgan fingerprint density at radius 1 is 1.15 bits per heavy atom. The zero-order valence-corrected chi connectivity index (χ0v) is 16.7. The van der Waals surface area contributed by atoms with Crippen molar-refractivity contribution in [2.24, 2.45) is 7.05 Å². The molecule has 0 spiro atoms. The fourth-order valence-electron chi connectivity index (χ4n) is 2.70. The number of halogens is 1. The molecule has 1 aromatic carbocycles. The van der Waals surface area contributed by atoms with Crippen LogP contribution >= 0.6 is 15.9 Å². The summed E-state index contributed by atoms with van der Waals surface area (Å²) in [5.41, 5.74) is 1.23. The molecule has 3 rings (SSSR count). The van der Waals surface area contributed by atoms with Gasteiger partial charge in [-0.25, -0.2) is 4.98 Å². The van der Waals surface area contributed by atoms with Crippen LogP contribution in [0.25, 0.3) is 0 Å². The number of aryl methyl sites for hydroxylation is 1. The van der Waals surface area contributed by atoms with Crippen molar-refractivity contribution in [1.82, 2.24) is 19.9 Å². The van der Waals surface area contributed by atoms with E-state index in [1.54, 1.807) is 38.7 Å². The van der Waals surface area contributed by atoms with Gasteiger partial charge in [0.1, 0.15) is 23.4 Å². The Balaban J connectivity index is 2.02. The number of hydrogen-bond donors (Lipinski definition) is 1. The van der Waals surface area contributed by atoms with Crippen molar-refractivity contribution in [3.05, 3.63) is 70.5 Å². The highest BCUT2D eigenvalue weighted by atomic mass is 79.9. The topological polar surface area (TPSA) is 78.3 Å². The van der Waals surface area contributed by atoms with E-state index in [0.29, 0.717) is 22.9 Å². The molecule has 1 N–H and O–H groups in total. The van der Waals surface area contributed by atoms with Gasteiger partial charge in [-0.3, -0.25) is 9.78 Å². The molecule has 27 heavy (non-hydrogen) atoms. The fourth-order valence-corrected chi connectivity index (χ4v) is 3.06. The van der Waals surface area contributed by atoms with Crippen LogP contribution < -0.4 is 14.8 Å². The molecule has 3 aromatic rings. The van der Waals surface area contributed by atoms with E-state index < -0.39 is 6.04 Å². The Kier molecular flexibility index (Phi) is 5.75. The van der Waals surface area contributed by atoms with E-state index in [2.05, 4.69) is 31.2 Å². The maximum atomic E-state index is 12.8. The van der Waals surface area contributed by atoms with E-state index in [0.717, 1.165) is 10.0 Å². The monoisotopic (exact) mass is 430 g/mol. The number of aromatic nitrogens is 3. The Bertz CT molecular complexity index is 935. The second-order valence-electron chi connectivity index (χ2n) is 5.84. The van der Waals surface area contributed by atoms with Crippen LogP contribution in [0.2, 0.25) is 0 Å². The molecular formula is C19H19BrN4O3. The molecule has 7 nitrogen and oxygen atoms in total. The highest BCUT2D eigenvalue weighted by Gasteiger charge is 2.23. The molecule has 2 aromatic heterocycles. The summed E-state index contributed by atoms with van der Waals surface area (Å²) in [6.45, 7) is 0. The van der Waals surface area contributed by atoms with Crippen molar-refractivity contribution >= 4 is 21.8 Å². The minimum absolute atomic E-state index is 0.265. The van der Waals surface area contributed by atoms with Gasteiger partial charge < -0.3 is 19.4 Å². The van der Waals surface area contributed by atoms with Gasteiger partial charge in [-0.05, 0) is 39.7 Å². The summed E-state index contributed by atoms with van der Waals surface area (Å²) in [4.78, 5) is 21.3. The van der Waals surface area contributed by atoms with E-state index in [1.807, 2.05) is 29.9 Å². The van der Waals surface area contributed by atoms with Gasteiger partial charge in [-0.2, -0.15) is 0 Å². The third-order valence-corrected chi connectivity index (χ3v) is 4.50. The molecule has 0 radical (unpaired) electrons. The summed E-state index contributed by atoms with van der Waals surface area (Å²) in [7, 11) is 5.04. The zero-order chi connectivity index (χ0) is 19.4. The molecule has 0 aliphatic carbocycles. The third-order valence-electron chi connectivity index (χ3n) is 4.07. The molecule has 8 heteroatoms. The van der Waals surface area contributed by atoms with E-state index in [-0.39, 0.29) is 5.91 Å². The molecule has 0 saturated heterocycles.